The molecular weight excluding hydrogens is 288 g/mol. The average Bonchev–Trinajstić information content (AvgIpc) is 2.42. The summed E-state index contributed by atoms with van der Waals surface area (Å²) in [5, 5.41) is 9.16. The maximum absolute atomic E-state index is 12.5. The molecule has 1 aromatic carbocycles. The van der Waals surface area contributed by atoms with Crippen LogP contribution in [0.5, 0.6) is 0 Å². The van der Waals surface area contributed by atoms with Crippen molar-refractivity contribution in [1.82, 2.24) is 4.98 Å². The SMILES string of the molecule is Cc1ccc(NS(=O)(=O)c2cc(CO)ccc2C)c(C)n1. The first-order valence-corrected chi connectivity index (χ1v) is 7.99. The number of aliphatic hydroxyl groups excluding tert-OH is 1. The summed E-state index contributed by atoms with van der Waals surface area (Å²) in [7, 11) is -3.71. The molecule has 0 aliphatic heterocycles. The molecule has 1 aromatic heterocycles. The second-order valence-electron chi connectivity index (χ2n) is 4.95. The van der Waals surface area contributed by atoms with E-state index < -0.39 is 10.0 Å². The fraction of sp³-hybridized carbons (Fsp3) is 0.267. The molecule has 0 spiro atoms. The summed E-state index contributed by atoms with van der Waals surface area (Å²) in [4.78, 5) is 4.40. The molecule has 2 rings (SSSR count). The van der Waals surface area contributed by atoms with E-state index in [0.29, 0.717) is 22.5 Å². The van der Waals surface area contributed by atoms with Crippen molar-refractivity contribution < 1.29 is 13.5 Å². The van der Waals surface area contributed by atoms with Crippen LogP contribution >= 0.6 is 0 Å². The Bertz CT molecular complexity index is 770. The molecule has 0 saturated heterocycles. The third-order valence-corrected chi connectivity index (χ3v) is 4.70. The molecular formula is C15H18N2O3S. The molecule has 2 N–H and O–H groups in total. The highest BCUT2D eigenvalue weighted by Gasteiger charge is 2.18. The number of aryl methyl sites for hydroxylation is 3. The lowest BCUT2D eigenvalue weighted by atomic mass is 10.2. The highest BCUT2D eigenvalue weighted by Crippen LogP contribution is 2.22. The maximum atomic E-state index is 12.5. The first kappa shape index (κ1) is 15.5. The molecule has 0 aliphatic carbocycles. The summed E-state index contributed by atoms with van der Waals surface area (Å²) in [6.45, 7) is 5.12. The Morgan fingerprint density at radius 2 is 1.86 bits per heavy atom. The number of anilines is 1. The second-order valence-corrected chi connectivity index (χ2v) is 6.60. The van der Waals surface area contributed by atoms with Crippen molar-refractivity contribution in [3.63, 3.8) is 0 Å². The molecule has 0 atom stereocenters. The van der Waals surface area contributed by atoms with E-state index in [-0.39, 0.29) is 11.5 Å². The third kappa shape index (κ3) is 3.40. The predicted molar refractivity (Wildman–Crippen MR) is 81.6 cm³/mol. The van der Waals surface area contributed by atoms with Gasteiger partial charge in [-0.1, -0.05) is 12.1 Å². The molecule has 21 heavy (non-hydrogen) atoms. The van der Waals surface area contributed by atoms with Crippen molar-refractivity contribution in [2.45, 2.75) is 32.3 Å². The molecule has 0 amide bonds. The summed E-state index contributed by atoms with van der Waals surface area (Å²) in [5.74, 6) is 0. The Kier molecular flexibility index (Phi) is 4.29. The number of pyridine rings is 1. The zero-order chi connectivity index (χ0) is 15.6. The fourth-order valence-electron chi connectivity index (χ4n) is 2.03. The van der Waals surface area contributed by atoms with Crippen LogP contribution in [0.2, 0.25) is 0 Å². The average molecular weight is 306 g/mol. The molecule has 112 valence electrons. The van der Waals surface area contributed by atoms with Gasteiger partial charge >= 0.3 is 0 Å². The molecule has 0 aliphatic rings. The number of hydrogen-bond acceptors (Lipinski definition) is 4. The van der Waals surface area contributed by atoms with E-state index in [9.17, 15) is 8.42 Å². The quantitative estimate of drug-likeness (QED) is 0.908. The largest absolute Gasteiger partial charge is 0.392 e. The zero-order valence-electron chi connectivity index (χ0n) is 12.2. The van der Waals surface area contributed by atoms with Crippen LogP contribution in [0.3, 0.4) is 0 Å². The van der Waals surface area contributed by atoms with E-state index in [4.69, 9.17) is 5.11 Å². The molecule has 2 aromatic rings. The predicted octanol–water partition coefficient (Wildman–Crippen LogP) is 2.30. The van der Waals surface area contributed by atoms with Gasteiger partial charge in [0.05, 0.1) is 22.9 Å². The van der Waals surface area contributed by atoms with Crippen LogP contribution in [0.1, 0.15) is 22.5 Å². The van der Waals surface area contributed by atoms with Crippen LogP contribution in [0.15, 0.2) is 35.2 Å². The highest BCUT2D eigenvalue weighted by molar-refractivity contribution is 7.92. The van der Waals surface area contributed by atoms with Crippen molar-refractivity contribution in [3.8, 4) is 0 Å². The smallest absolute Gasteiger partial charge is 0.262 e. The Morgan fingerprint density at radius 3 is 2.48 bits per heavy atom. The topological polar surface area (TPSA) is 79.3 Å². The number of rotatable bonds is 4. The van der Waals surface area contributed by atoms with Gasteiger partial charge in [-0.2, -0.15) is 0 Å². The molecule has 0 bridgehead atoms. The minimum atomic E-state index is -3.71. The van der Waals surface area contributed by atoms with Gasteiger partial charge < -0.3 is 5.11 Å². The summed E-state index contributed by atoms with van der Waals surface area (Å²) in [5.41, 5.74) is 3.08. The fourth-order valence-corrected chi connectivity index (χ4v) is 3.44. The minimum absolute atomic E-state index is 0.161. The summed E-state index contributed by atoms with van der Waals surface area (Å²) < 4.78 is 27.6. The van der Waals surface area contributed by atoms with Crippen LogP contribution in [0.4, 0.5) is 5.69 Å². The van der Waals surface area contributed by atoms with Crippen molar-refractivity contribution in [3.05, 3.63) is 52.8 Å². The van der Waals surface area contributed by atoms with Gasteiger partial charge in [-0.3, -0.25) is 9.71 Å². The number of aliphatic hydroxyl groups is 1. The Labute approximate surface area is 124 Å². The number of nitrogens with zero attached hydrogens (tertiary/aromatic N) is 1. The van der Waals surface area contributed by atoms with Crippen molar-refractivity contribution in [1.29, 1.82) is 0 Å². The molecule has 0 radical (unpaired) electrons. The Balaban J connectivity index is 2.43. The van der Waals surface area contributed by atoms with Gasteiger partial charge in [-0.05, 0) is 50.1 Å². The molecule has 0 saturated carbocycles. The lowest BCUT2D eigenvalue weighted by Crippen LogP contribution is -2.16. The van der Waals surface area contributed by atoms with Gasteiger partial charge in [0, 0.05) is 5.69 Å². The normalized spacial score (nSPS) is 11.4. The van der Waals surface area contributed by atoms with Gasteiger partial charge in [-0.25, -0.2) is 8.42 Å². The molecule has 0 fully saturated rings. The zero-order valence-corrected chi connectivity index (χ0v) is 13.0. The van der Waals surface area contributed by atoms with E-state index in [1.165, 1.54) is 6.07 Å². The number of nitrogens with one attached hydrogen (secondary N) is 1. The molecule has 1 heterocycles. The Hall–Kier alpha value is -1.92. The van der Waals surface area contributed by atoms with Gasteiger partial charge in [0.15, 0.2) is 0 Å². The van der Waals surface area contributed by atoms with Gasteiger partial charge in [0.25, 0.3) is 10.0 Å². The van der Waals surface area contributed by atoms with Gasteiger partial charge in [0.2, 0.25) is 0 Å². The Morgan fingerprint density at radius 1 is 1.14 bits per heavy atom. The number of aromatic nitrogens is 1. The maximum Gasteiger partial charge on any atom is 0.262 e. The van der Waals surface area contributed by atoms with Crippen LogP contribution in [0.25, 0.3) is 0 Å². The van der Waals surface area contributed by atoms with E-state index in [1.54, 1.807) is 38.1 Å². The van der Waals surface area contributed by atoms with Crippen molar-refractivity contribution >= 4 is 15.7 Å². The van der Waals surface area contributed by atoms with Crippen molar-refractivity contribution in [2.75, 3.05) is 4.72 Å². The number of benzene rings is 1. The van der Waals surface area contributed by atoms with E-state index in [1.807, 2.05) is 6.92 Å². The molecule has 0 unspecified atom stereocenters. The standard InChI is InChI=1S/C15H18N2O3S/c1-10-4-6-13(9-18)8-15(10)21(19,20)17-14-7-5-11(2)16-12(14)3/h4-8,17-18H,9H2,1-3H3. The lowest BCUT2D eigenvalue weighted by molar-refractivity contribution is 0.281. The number of hydrogen-bond donors (Lipinski definition) is 2. The van der Waals surface area contributed by atoms with Crippen LogP contribution in [0, 0.1) is 20.8 Å². The van der Waals surface area contributed by atoms with Crippen LogP contribution in [-0.2, 0) is 16.6 Å². The van der Waals surface area contributed by atoms with Gasteiger partial charge in [0.1, 0.15) is 0 Å². The molecule has 5 nitrogen and oxygen atoms in total. The first-order valence-electron chi connectivity index (χ1n) is 6.51. The van der Waals surface area contributed by atoms with E-state index in [2.05, 4.69) is 9.71 Å². The highest BCUT2D eigenvalue weighted by atomic mass is 32.2. The van der Waals surface area contributed by atoms with E-state index >= 15 is 0 Å². The van der Waals surface area contributed by atoms with Gasteiger partial charge in [-0.15, -0.1) is 0 Å². The lowest BCUT2D eigenvalue weighted by Gasteiger charge is -2.13. The van der Waals surface area contributed by atoms with Crippen LogP contribution in [-0.4, -0.2) is 18.5 Å². The van der Waals surface area contributed by atoms with Crippen molar-refractivity contribution in [2.24, 2.45) is 0 Å². The summed E-state index contributed by atoms with van der Waals surface area (Å²) >= 11 is 0. The second kappa shape index (κ2) is 5.83. The number of sulfonamides is 1. The summed E-state index contributed by atoms with van der Waals surface area (Å²) in [6, 6.07) is 8.31. The molecule has 6 heteroatoms. The minimum Gasteiger partial charge on any atom is -0.392 e. The van der Waals surface area contributed by atoms with E-state index in [0.717, 1.165) is 5.69 Å². The van der Waals surface area contributed by atoms with Crippen LogP contribution < -0.4 is 4.72 Å². The summed E-state index contributed by atoms with van der Waals surface area (Å²) in [6.07, 6.45) is 0. The monoisotopic (exact) mass is 306 g/mol. The third-order valence-electron chi connectivity index (χ3n) is 3.19. The first-order chi connectivity index (χ1) is 9.83.